The number of H-pyrrole nitrogens is 1. The molecule has 125 valence electrons. The Morgan fingerprint density at radius 3 is 2.00 bits per heavy atom. The minimum absolute atomic E-state index is 0.0186. The Hall–Kier alpha value is -2.68. The molecule has 0 amide bonds. The summed E-state index contributed by atoms with van der Waals surface area (Å²) in [4.78, 5) is 24.2. The number of carboxylic acids is 2. The number of fused-ring (bicyclic) bond motifs is 3. The van der Waals surface area contributed by atoms with Crippen molar-refractivity contribution < 1.29 is 45.6 Å². The summed E-state index contributed by atoms with van der Waals surface area (Å²) < 4.78 is 1.50. The van der Waals surface area contributed by atoms with Crippen LogP contribution in [0.15, 0.2) is 66.7 Å². The Labute approximate surface area is 165 Å². The molecule has 0 saturated carbocycles. The molecule has 1 aromatic heterocycles. The maximum absolute atomic E-state index is 10.4. The summed E-state index contributed by atoms with van der Waals surface area (Å²) in [5, 5.41) is 19.8. The molecule has 5 nitrogen and oxygen atoms in total. The molecular weight excluding hydrogens is 431 g/mol. The summed E-state index contributed by atoms with van der Waals surface area (Å²) in [5.74, 6) is -2.25. The van der Waals surface area contributed by atoms with Gasteiger partial charge in [0.25, 0.3) is 0 Å². The normalized spacial score (nSPS) is 10.4. The number of benzene rings is 3. The van der Waals surface area contributed by atoms with Gasteiger partial charge in [0.15, 0.2) is 0 Å². The Balaban J connectivity index is 0.000000153. The van der Waals surface area contributed by atoms with E-state index in [2.05, 4.69) is 47.4 Å². The Bertz CT molecular complexity index is 1090. The molecule has 3 aromatic carbocycles. The molecule has 0 atom stereocenters. The Morgan fingerprint density at radius 2 is 1.35 bits per heavy atom. The van der Waals surface area contributed by atoms with Gasteiger partial charge in [-0.2, -0.15) is 0 Å². The van der Waals surface area contributed by atoms with E-state index in [1.165, 1.54) is 43.1 Å². The van der Waals surface area contributed by atoms with E-state index in [0.29, 0.717) is 0 Å². The maximum atomic E-state index is 10.4. The third-order valence-electron chi connectivity index (χ3n) is 3.97. The fourth-order valence-corrected chi connectivity index (χ4v) is 4.24. The standard InChI is InChI=1S/C12H8N.C8H6O4.Cd/c1-3-7-11-9(5-1)10-6-2-4-8-12(10)13-11;9-7(10)5-2-1-3-6(4-5)8(11)12;/h1-5,7-8,13H;1-4H,(H,9,10)(H,11,12);. The summed E-state index contributed by atoms with van der Waals surface area (Å²) in [6, 6.07) is 20.2. The second kappa shape index (κ2) is 7.69. The Morgan fingerprint density at radius 1 is 0.769 bits per heavy atom. The van der Waals surface area contributed by atoms with Crippen LogP contribution >= 0.6 is 0 Å². The van der Waals surface area contributed by atoms with Gasteiger partial charge in [-0.25, -0.2) is 9.59 Å². The number of para-hydroxylation sites is 1. The van der Waals surface area contributed by atoms with Crippen molar-refractivity contribution in [1.29, 1.82) is 0 Å². The molecule has 0 spiro atoms. The topological polar surface area (TPSA) is 90.4 Å². The first-order valence-electron chi connectivity index (χ1n) is 7.85. The summed E-state index contributed by atoms with van der Waals surface area (Å²) in [7, 11) is 0. The van der Waals surface area contributed by atoms with Gasteiger partial charge in [0.1, 0.15) is 0 Å². The van der Waals surface area contributed by atoms with E-state index >= 15 is 0 Å². The molecule has 0 aliphatic heterocycles. The second-order valence-corrected chi connectivity index (χ2v) is 7.88. The first-order chi connectivity index (χ1) is 12.5. The molecule has 3 N–H and O–H groups in total. The van der Waals surface area contributed by atoms with Gasteiger partial charge in [-0.15, -0.1) is 0 Å². The molecular formula is C20H14CdNO4. The minimum atomic E-state index is -1.13. The molecule has 26 heavy (non-hydrogen) atoms. The molecule has 0 bridgehead atoms. The molecule has 0 radical (unpaired) electrons. The fraction of sp³-hybridized carbons (Fsp3) is 0. The molecule has 4 rings (SSSR count). The van der Waals surface area contributed by atoms with Crippen LogP contribution in [0.4, 0.5) is 0 Å². The third-order valence-corrected chi connectivity index (χ3v) is 5.65. The number of nitrogens with one attached hydrogen (secondary N) is 1. The summed E-state index contributed by atoms with van der Waals surface area (Å²) in [6.07, 6.45) is 0. The van der Waals surface area contributed by atoms with Crippen molar-refractivity contribution in [2.75, 3.05) is 0 Å². The number of rotatable bonds is 2. The average molecular weight is 445 g/mol. The first-order valence-corrected chi connectivity index (χ1v) is 9.87. The van der Waals surface area contributed by atoms with Crippen LogP contribution in [0, 0.1) is 0 Å². The van der Waals surface area contributed by atoms with Crippen molar-refractivity contribution in [3.05, 3.63) is 77.9 Å². The molecule has 0 unspecified atom stereocenters. The van der Waals surface area contributed by atoms with Gasteiger partial charge < -0.3 is 10.2 Å². The van der Waals surface area contributed by atoms with Crippen LogP contribution in [-0.2, 0) is 25.8 Å². The molecule has 0 aliphatic carbocycles. The van der Waals surface area contributed by atoms with Crippen molar-refractivity contribution >= 4 is 36.9 Å². The zero-order chi connectivity index (χ0) is 18.7. The van der Waals surface area contributed by atoms with E-state index in [1.54, 1.807) is 0 Å². The van der Waals surface area contributed by atoms with Crippen LogP contribution in [-0.4, -0.2) is 27.1 Å². The molecule has 0 fully saturated rings. The molecule has 6 heteroatoms. The number of carbonyl (C=O) groups is 2. The Kier molecular flexibility index (Phi) is 5.36. The van der Waals surface area contributed by atoms with E-state index in [0.717, 1.165) is 31.8 Å². The zero-order valence-corrected chi connectivity index (χ0v) is 17.8. The first kappa shape index (κ1) is 18.1. The summed E-state index contributed by atoms with van der Waals surface area (Å²) in [5.41, 5.74) is 2.48. The third kappa shape index (κ3) is 3.77. The van der Waals surface area contributed by atoms with Crippen LogP contribution in [0.25, 0.3) is 21.8 Å². The fourth-order valence-electron chi connectivity index (χ4n) is 2.76. The molecule has 0 aliphatic rings. The van der Waals surface area contributed by atoms with Crippen molar-refractivity contribution in [2.24, 2.45) is 0 Å². The monoisotopic (exact) mass is 446 g/mol. The number of carboxylic acid groups (broad SMARTS) is 2. The van der Waals surface area contributed by atoms with E-state index < -0.39 is 11.9 Å². The van der Waals surface area contributed by atoms with Crippen LogP contribution in [0.5, 0.6) is 0 Å². The van der Waals surface area contributed by atoms with Crippen LogP contribution in [0.3, 0.4) is 0 Å². The summed E-state index contributed by atoms with van der Waals surface area (Å²) in [6.45, 7) is 0. The quantitative estimate of drug-likeness (QED) is 0.412. The summed E-state index contributed by atoms with van der Waals surface area (Å²) >= 11 is 0.866. The molecule has 4 aromatic rings. The van der Waals surface area contributed by atoms with Crippen molar-refractivity contribution in [3.8, 4) is 0 Å². The predicted octanol–water partition coefficient (Wildman–Crippen LogP) is 3.58. The number of hydrogen-bond acceptors (Lipinski definition) is 2. The van der Waals surface area contributed by atoms with E-state index in [-0.39, 0.29) is 11.1 Å². The van der Waals surface area contributed by atoms with Crippen LogP contribution in [0.1, 0.15) is 20.7 Å². The van der Waals surface area contributed by atoms with Gasteiger partial charge in [-0.1, -0.05) is 6.07 Å². The SMILES string of the molecule is O=C(O)c1cccc(C(=O)O)c1.[Cd][c]1cccc2[nH]c3ccccc3c12. The zero-order valence-electron chi connectivity index (χ0n) is 13.8. The van der Waals surface area contributed by atoms with Gasteiger partial charge in [-0.3, -0.25) is 0 Å². The van der Waals surface area contributed by atoms with E-state index in [9.17, 15) is 9.59 Å². The van der Waals surface area contributed by atoms with E-state index in [4.69, 9.17) is 10.2 Å². The number of aromatic carboxylic acids is 2. The van der Waals surface area contributed by atoms with Gasteiger partial charge in [0.2, 0.25) is 0 Å². The second-order valence-electron chi connectivity index (χ2n) is 5.70. The van der Waals surface area contributed by atoms with Crippen LogP contribution in [0.2, 0.25) is 0 Å². The average Bonchev–Trinajstić information content (AvgIpc) is 3.02. The van der Waals surface area contributed by atoms with Gasteiger partial charge in [0, 0.05) is 0 Å². The number of aromatic amines is 1. The molecule has 0 saturated heterocycles. The van der Waals surface area contributed by atoms with Gasteiger partial charge in [0.05, 0.1) is 11.1 Å². The number of hydrogen-bond donors (Lipinski definition) is 3. The van der Waals surface area contributed by atoms with Crippen molar-refractivity contribution in [1.82, 2.24) is 4.98 Å². The van der Waals surface area contributed by atoms with Crippen molar-refractivity contribution in [2.45, 2.75) is 0 Å². The number of aromatic nitrogens is 1. The van der Waals surface area contributed by atoms with Gasteiger partial charge >= 0.3 is 110 Å². The van der Waals surface area contributed by atoms with Crippen molar-refractivity contribution in [3.63, 3.8) is 0 Å². The van der Waals surface area contributed by atoms with Crippen LogP contribution < -0.4 is 3.12 Å². The predicted molar refractivity (Wildman–Crippen MR) is 95.8 cm³/mol. The van der Waals surface area contributed by atoms with E-state index in [1.807, 2.05) is 0 Å². The van der Waals surface area contributed by atoms with Gasteiger partial charge in [-0.05, 0) is 18.2 Å². The molecule has 1 heterocycles.